The fourth-order valence-corrected chi connectivity index (χ4v) is 2.99. The molecule has 100 valence electrons. The van der Waals surface area contributed by atoms with E-state index in [0.29, 0.717) is 5.69 Å². The number of halogens is 2. The number of carbonyl (C=O) groups is 1. The van der Waals surface area contributed by atoms with Gasteiger partial charge < -0.3 is 9.88 Å². The zero-order chi connectivity index (χ0) is 14.0. The van der Waals surface area contributed by atoms with E-state index in [9.17, 15) is 4.79 Å². The quantitative estimate of drug-likeness (QED) is 0.715. The molecule has 1 heterocycles. The smallest absolute Gasteiger partial charge is 0.272 e. The topological polar surface area (TPSA) is 34.0 Å². The Bertz CT molecular complexity index is 622. The molecule has 0 aliphatic carbocycles. The Morgan fingerprint density at radius 1 is 1.42 bits per heavy atom. The summed E-state index contributed by atoms with van der Waals surface area (Å²) in [6.07, 6.45) is 1.91. The molecular formula is C14H14BrIN2O. The number of carbonyl (C=O) groups excluding carboxylic acids is 1. The lowest BCUT2D eigenvalue weighted by Gasteiger charge is -2.10. The predicted molar refractivity (Wildman–Crippen MR) is 89.7 cm³/mol. The van der Waals surface area contributed by atoms with Gasteiger partial charge in [0.25, 0.3) is 5.91 Å². The third-order valence-corrected chi connectivity index (χ3v) is 3.98. The minimum Gasteiger partial charge on any atom is -0.343 e. The number of aryl methyl sites for hydroxylation is 2. The molecule has 0 fully saturated rings. The normalized spacial score (nSPS) is 10.5. The number of nitrogens with one attached hydrogen (secondary N) is 1. The lowest BCUT2D eigenvalue weighted by Crippen LogP contribution is -2.17. The molecule has 1 N–H and O–H groups in total. The van der Waals surface area contributed by atoms with Crippen LogP contribution in [0.5, 0.6) is 0 Å². The van der Waals surface area contributed by atoms with Gasteiger partial charge in [0.05, 0.1) is 0 Å². The van der Waals surface area contributed by atoms with Gasteiger partial charge in [-0.2, -0.15) is 0 Å². The average Bonchev–Trinajstić information content (AvgIpc) is 2.74. The zero-order valence-corrected chi connectivity index (χ0v) is 14.4. The van der Waals surface area contributed by atoms with E-state index in [1.54, 1.807) is 0 Å². The fraction of sp³-hybridized carbons (Fsp3) is 0.214. The van der Waals surface area contributed by atoms with Gasteiger partial charge >= 0.3 is 0 Å². The van der Waals surface area contributed by atoms with E-state index in [4.69, 9.17) is 0 Å². The zero-order valence-electron chi connectivity index (χ0n) is 10.7. The summed E-state index contributed by atoms with van der Waals surface area (Å²) >= 11 is 5.66. The van der Waals surface area contributed by atoms with Gasteiger partial charge in [0, 0.05) is 26.5 Å². The molecule has 1 aromatic heterocycles. The summed E-state index contributed by atoms with van der Waals surface area (Å²) in [4.78, 5) is 12.3. The standard InChI is InChI=1S/C14H14BrIN2O/c1-3-18-8-10(15)7-13(18)14(19)17-12-5-4-11(16)6-9(12)2/h4-8H,3H2,1-2H3,(H,17,19). The van der Waals surface area contributed by atoms with Crippen molar-refractivity contribution in [3.8, 4) is 0 Å². The minimum atomic E-state index is -0.0862. The Morgan fingerprint density at radius 2 is 2.16 bits per heavy atom. The lowest BCUT2D eigenvalue weighted by molar-refractivity contribution is 0.101. The highest BCUT2D eigenvalue weighted by Gasteiger charge is 2.13. The molecule has 0 saturated heterocycles. The second-order valence-corrected chi connectivity index (χ2v) is 6.40. The second kappa shape index (κ2) is 6.09. The van der Waals surface area contributed by atoms with Crippen LogP contribution in [0.3, 0.4) is 0 Å². The summed E-state index contributed by atoms with van der Waals surface area (Å²) in [6, 6.07) is 7.80. The predicted octanol–water partition coefficient (Wildman–Crippen LogP) is 4.44. The summed E-state index contributed by atoms with van der Waals surface area (Å²) in [5.41, 5.74) is 2.58. The molecule has 0 saturated carbocycles. The Kier molecular flexibility index (Phi) is 4.67. The van der Waals surface area contributed by atoms with Crippen LogP contribution in [0, 0.1) is 10.5 Å². The van der Waals surface area contributed by atoms with E-state index >= 15 is 0 Å². The molecule has 2 rings (SSSR count). The van der Waals surface area contributed by atoms with Crippen LogP contribution in [-0.2, 0) is 6.54 Å². The molecule has 0 aliphatic rings. The van der Waals surface area contributed by atoms with Crippen molar-refractivity contribution in [3.05, 3.63) is 49.8 Å². The van der Waals surface area contributed by atoms with Gasteiger partial charge in [0.2, 0.25) is 0 Å². The molecule has 0 unspecified atom stereocenters. The number of rotatable bonds is 3. The van der Waals surface area contributed by atoms with Crippen molar-refractivity contribution in [2.24, 2.45) is 0 Å². The monoisotopic (exact) mass is 432 g/mol. The van der Waals surface area contributed by atoms with Crippen molar-refractivity contribution in [1.29, 1.82) is 0 Å². The van der Waals surface area contributed by atoms with Crippen LogP contribution in [0.1, 0.15) is 23.0 Å². The number of hydrogen-bond acceptors (Lipinski definition) is 1. The Morgan fingerprint density at radius 3 is 2.79 bits per heavy atom. The molecule has 0 aliphatic heterocycles. The van der Waals surface area contributed by atoms with Gasteiger partial charge in [0.15, 0.2) is 0 Å². The lowest BCUT2D eigenvalue weighted by atomic mass is 10.2. The third kappa shape index (κ3) is 3.39. The van der Waals surface area contributed by atoms with Crippen molar-refractivity contribution in [2.45, 2.75) is 20.4 Å². The largest absolute Gasteiger partial charge is 0.343 e. The number of aromatic nitrogens is 1. The molecule has 5 heteroatoms. The summed E-state index contributed by atoms with van der Waals surface area (Å²) in [6.45, 7) is 4.77. The molecule has 2 aromatic rings. The van der Waals surface area contributed by atoms with Crippen LogP contribution in [0.25, 0.3) is 0 Å². The van der Waals surface area contributed by atoms with E-state index in [0.717, 1.165) is 25.8 Å². The number of anilines is 1. The Labute approximate surface area is 134 Å². The molecule has 0 bridgehead atoms. The highest BCUT2D eigenvalue weighted by atomic mass is 127. The summed E-state index contributed by atoms with van der Waals surface area (Å²) in [5, 5.41) is 2.96. The number of benzene rings is 1. The fourth-order valence-electron chi connectivity index (χ4n) is 1.88. The first kappa shape index (κ1) is 14.6. The van der Waals surface area contributed by atoms with E-state index < -0.39 is 0 Å². The molecule has 0 atom stereocenters. The minimum absolute atomic E-state index is 0.0862. The average molecular weight is 433 g/mol. The van der Waals surface area contributed by atoms with E-state index in [1.807, 2.05) is 48.9 Å². The van der Waals surface area contributed by atoms with Crippen LogP contribution < -0.4 is 5.32 Å². The van der Waals surface area contributed by atoms with Crippen molar-refractivity contribution in [1.82, 2.24) is 4.57 Å². The molecular weight excluding hydrogens is 419 g/mol. The maximum absolute atomic E-state index is 12.3. The SMILES string of the molecule is CCn1cc(Br)cc1C(=O)Nc1ccc(I)cc1C. The second-order valence-electron chi connectivity index (χ2n) is 4.24. The maximum Gasteiger partial charge on any atom is 0.272 e. The van der Waals surface area contributed by atoms with Gasteiger partial charge in [0.1, 0.15) is 5.69 Å². The number of nitrogens with zero attached hydrogens (tertiary/aromatic N) is 1. The number of hydrogen-bond donors (Lipinski definition) is 1. The van der Waals surface area contributed by atoms with Crippen LogP contribution in [0.2, 0.25) is 0 Å². The van der Waals surface area contributed by atoms with Crippen molar-refractivity contribution in [3.63, 3.8) is 0 Å². The van der Waals surface area contributed by atoms with Gasteiger partial charge in [-0.05, 0) is 82.2 Å². The molecule has 0 radical (unpaired) electrons. The summed E-state index contributed by atoms with van der Waals surface area (Å²) in [5.74, 6) is -0.0862. The third-order valence-electron chi connectivity index (χ3n) is 2.87. The molecule has 1 aromatic carbocycles. The van der Waals surface area contributed by atoms with Crippen molar-refractivity contribution < 1.29 is 4.79 Å². The summed E-state index contributed by atoms with van der Waals surface area (Å²) in [7, 11) is 0. The Balaban J connectivity index is 2.25. The maximum atomic E-state index is 12.3. The molecule has 0 spiro atoms. The van der Waals surface area contributed by atoms with E-state index in [-0.39, 0.29) is 5.91 Å². The molecule has 1 amide bonds. The number of amides is 1. The van der Waals surface area contributed by atoms with Gasteiger partial charge in [-0.25, -0.2) is 0 Å². The van der Waals surface area contributed by atoms with Gasteiger partial charge in [-0.15, -0.1) is 0 Å². The highest BCUT2D eigenvalue weighted by Crippen LogP contribution is 2.20. The van der Waals surface area contributed by atoms with Crippen LogP contribution in [0.15, 0.2) is 34.9 Å². The van der Waals surface area contributed by atoms with Gasteiger partial charge in [-0.1, -0.05) is 0 Å². The van der Waals surface area contributed by atoms with Crippen molar-refractivity contribution >= 4 is 50.1 Å². The first-order chi connectivity index (χ1) is 9.01. The van der Waals surface area contributed by atoms with Crippen LogP contribution in [-0.4, -0.2) is 10.5 Å². The van der Waals surface area contributed by atoms with Crippen LogP contribution >= 0.6 is 38.5 Å². The van der Waals surface area contributed by atoms with Gasteiger partial charge in [-0.3, -0.25) is 4.79 Å². The van der Waals surface area contributed by atoms with Crippen LogP contribution in [0.4, 0.5) is 5.69 Å². The first-order valence-corrected chi connectivity index (χ1v) is 7.81. The Hall–Kier alpha value is -0.820. The van der Waals surface area contributed by atoms with E-state index in [1.165, 1.54) is 0 Å². The summed E-state index contributed by atoms with van der Waals surface area (Å²) < 4.78 is 3.99. The molecule has 19 heavy (non-hydrogen) atoms. The highest BCUT2D eigenvalue weighted by molar-refractivity contribution is 14.1. The first-order valence-electron chi connectivity index (χ1n) is 5.94. The molecule has 3 nitrogen and oxygen atoms in total. The van der Waals surface area contributed by atoms with Crippen molar-refractivity contribution in [2.75, 3.05) is 5.32 Å². The van der Waals surface area contributed by atoms with E-state index in [2.05, 4.69) is 43.8 Å².